The number of hydrogen-bond acceptors (Lipinski definition) is 2. The fourth-order valence-electron chi connectivity index (χ4n) is 2.12. The third kappa shape index (κ3) is 3.42. The van der Waals surface area contributed by atoms with E-state index >= 15 is 0 Å². The molecule has 6 heteroatoms. The van der Waals surface area contributed by atoms with Crippen LogP contribution < -0.4 is 5.32 Å². The van der Waals surface area contributed by atoms with E-state index in [4.69, 9.17) is 11.6 Å². The summed E-state index contributed by atoms with van der Waals surface area (Å²) in [6.07, 6.45) is 0.787. The number of anilines is 1. The van der Waals surface area contributed by atoms with Crippen molar-refractivity contribution >= 4 is 29.2 Å². The third-order valence-electron chi connectivity index (χ3n) is 3.39. The molecule has 1 aliphatic heterocycles. The minimum Gasteiger partial charge on any atom is -0.344 e. The second-order valence-corrected chi connectivity index (χ2v) is 5.42. The van der Waals surface area contributed by atoms with Crippen LogP contribution in [0.2, 0.25) is 5.02 Å². The molecule has 0 aromatic heterocycles. The molecular weight excluding hydrogens is 278 g/mol. The van der Waals surface area contributed by atoms with Gasteiger partial charge in [0.1, 0.15) is 6.54 Å². The van der Waals surface area contributed by atoms with Crippen molar-refractivity contribution in [3.8, 4) is 0 Å². The molecule has 1 fully saturated rings. The molecule has 1 heterocycles. The molecule has 0 bridgehead atoms. The minimum atomic E-state index is -0.251. The summed E-state index contributed by atoms with van der Waals surface area (Å²) in [6, 6.07) is 5.03. The van der Waals surface area contributed by atoms with Crippen molar-refractivity contribution in [2.24, 2.45) is 0 Å². The Bertz CT molecular complexity index is 533. The fourth-order valence-corrected chi connectivity index (χ4v) is 2.35. The van der Waals surface area contributed by atoms with Crippen molar-refractivity contribution in [2.75, 3.05) is 32.0 Å². The first-order chi connectivity index (χ1) is 9.47. The summed E-state index contributed by atoms with van der Waals surface area (Å²) < 4.78 is 0. The number of benzene rings is 1. The highest BCUT2D eigenvalue weighted by atomic mass is 35.5. The van der Waals surface area contributed by atoms with Gasteiger partial charge in [-0.05, 0) is 37.1 Å². The number of halogens is 1. The number of aryl methyl sites for hydroxylation is 1. The molecule has 0 unspecified atom stereocenters. The van der Waals surface area contributed by atoms with Crippen molar-refractivity contribution in [3.05, 3.63) is 28.8 Å². The van der Waals surface area contributed by atoms with Gasteiger partial charge in [0.25, 0.3) is 0 Å². The third-order valence-corrected chi connectivity index (χ3v) is 3.63. The normalized spacial score (nSPS) is 16.1. The zero-order valence-electron chi connectivity index (χ0n) is 11.6. The van der Waals surface area contributed by atoms with Gasteiger partial charge in [0.05, 0.1) is 0 Å². The molecule has 20 heavy (non-hydrogen) atoms. The minimum absolute atomic E-state index is 0.0366. The Morgan fingerprint density at radius 2 is 2.10 bits per heavy atom. The highest BCUT2D eigenvalue weighted by Crippen LogP contribution is 2.20. The monoisotopic (exact) mass is 295 g/mol. The molecule has 1 aliphatic rings. The summed E-state index contributed by atoms with van der Waals surface area (Å²) in [4.78, 5) is 27.2. The van der Waals surface area contributed by atoms with Crippen LogP contribution in [0.15, 0.2) is 18.2 Å². The van der Waals surface area contributed by atoms with Crippen molar-refractivity contribution in [2.45, 2.75) is 13.3 Å². The number of urea groups is 1. The van der Waals surface area contributed by atoms with Crippen molar-refractivity contribution in [1.82, 2.24) is 9.80 Å². The first kappa shape index (κ1) is 14.7. The molecule has 0 atom stereocenters. The van der Waals surface area contributed by atoms with Crippen LogP contribution >= 0.6 is 11.6 Å². The summed E-state index contributed by atoms with van der Waals surface area (Å²) in [7, 11) is 1.76. The summed E-state index contributed by atoms with van der Waals surface area (Å²) in [5.41, 5.74) is 1.61. The van der Waals surface area contributed by atoms with Crippen LogP contribution in [0.5, 0.6) is 0 Å². The van der Waals surface area contributed by atoms with E-state index in [0.29, 0.717) is 23.8 Å². The van der Waals surface area contributed by atoms with Crippen LogP contribution in [-0.4, -0.2) is 48.4 Å². The van der Waals surface area contributed by atoms with Crippen molar-refractivity contribution in [3.63, 3.8) is 0 Å². The van der Waals surface area contributed by atoms with E-state index < -0.39 is 0 Å². The van der Waals surface area contributed by atoms with Crippen LogP contribution in [0.4, 0.5) is 10.5 Å². The van der Waals surface area contributed by atoms with E-state index in [9.17, 15) is 9.59 Å². The number of likely N-dealkylation sites (N-methyl/N-ethyl adjacent to an activating group) is 1. The molecule has 1 aromatic rings. The summed E-state index contributed by atoms with van der Waals surface area (Å²) >= 11 is 5.89. The Morgan fingerprint density at radius 1 is 1.35 bits per heavy atom. The molecule has 0 aliphatic carbocycles. The largest absolute Gasteiger partial charge is 0.344 e. The highest BCUT2D eigenvalue weighted by Gasteiger charge is 2.23. The van der Waals surface area contributed by atoms with Gasteiger partial charge in [0.15, 0.2) is 0 Å². The predicted octanol–water partition coefficient (Wildman–Crippen LogP) is 2.34. The van der Waals surface area contributed by atoms with Gasteiger partial charge in [-0.15, -0.1) is 0 Å². The standard InChI is InChI=1S/C14H18ClN3O2/c1-10-8-11(15)4-5-12(10)16-14(20)18-7-3-6-17(2)13(19)9-18/h4-5,8H,3,6-7,9H2,1-2H3,(H,16,20). The topological polar surface area (TPSA) is 52.7 Å². The number of nitrogens with one attached hydrogen (secondary N) is 1. The van der Waals surface area contributed by atoms with Crippen LogP contribution in [0, 0.1) is 6.92 Å². The van der Waals surface area contributed by atoms with Gasteiger partial charge < -0.3 is 15.1 Å². The second-order valence-electron chi connectivity index (χ2n) is 4.98. The number of hydrogen-bond donors (Lipinski definition) is 1. The van der Waals surface area contributed by atoms with E-state index in [1.165, 1.54) is 0 Å². The van der Waals surface area contributed by atoms with E-state index in [0.717, 1.165) is 12.0 Å². The van der Waals surface area contributed by atoms with E-state index in [1.807, 2.05) is 6.92 Å². The smallest absolute Gasteiger partial charge is 0.322 e. The number of nitrogens with zero attached hydrogens (tertiary/aromatic N) is 2. The molecule has 108 valence electrons. The summed E-state index contributed by atoms with van der Waals surface area (Å²) in [6.45, 7) is 3.26. The molecular formula is C14H18ClN3O2. The SMILES string of the molecule is Cc1cc(Cl)ccc1NC(=O)N1CCCN(C)C(=O)C1. The molecule has 0 radical (unpaired) electrons. The Kier molecular flexibility index (Phi) is 4.49. The molecule has 1 N–H and O–H groups in total. The van der Waals surface area contributed by atoms with Crippen molar-refractivity contribution in [1.29, 1.82) is 0 Å². The number of amides is 3. The average molecular weight is 296 g/mol. The van der Waals surface area contributed by atoms with Gasteiger partial charge in [0.2, 0.25) is 5.91 Å². The quantitative estimate of drug-likeness (QED) is 0.864. The van der Waals surface area contributed by atoms with Gasteiger partial charge in [0, 0.05) is 30.8 Å². The first-order valence-corrected chi connectivity index (χ1v) is 6.91. The van der Waals surface area contributed by atoms with Gasteiger partial charge >= 0.3 is 6.03 Å². The second kappa shape index (κ2) is 6.13. The zero-order chi connectivity index (χ0) is 14.7. The van der Waals surface area contributed by atoms with Gasteiger partial charge in [-0.1, -0.05) is 11.6 Å². The van der Waals surface area contributed by atoms with Gasteiger partial charge in [-0.2, -0.15) is 0 Å². The fraction of sp³-hybridized carbons (Fsp3) is 0.429. The van der Waals surface area contributed by atoms with E-state index in [1.54, 1.807) is 35.0 Å². The summed E-state index contributed by atoms with van der Waals surface area (Å²) in [5.74, 6) is -0.0366. The Balaban J connectivity index is 2.05. The molecule has 5 nitrogen and oxygen atoms in total. The lowest BCUT2D eigenvalue weighted by Gasteiger charge is -2.21. The molecule has 1 saturated heterocycles. The lowest BCUT2D eigenvalue weighted by atomic mass is 10.2. The van der Waals surface area contributed by atoms with Crippen LogP contribution in [0.1, 0.15) is 12.0 Å². The first-order valence-electron chi connectivity index (χ1n) is 6.53. The van der Waals surface area contributed by atoms with Crippen molar-refractivity contribution < 1.29 is 9.59 Å². The molecule has 0 saturated carbocycles. The molecule has 1 aromatic carbocycles. The maximum absolute atomic E-state index is 12.2. The maximum Gasteiger partial charge on any atom is 0.322 e. The molecule has 2 rings (SSSR count). The lowest BCUT2D eigenvalue weighted by molar-refractivity contribution is -0.129. The number of carbonyl (C=O) groups excluding carboxylic acids is 2. The van der Waals surface area contributed by atoms with Crippen LogP contribution in [0.25, 0.3) is 0 Å². The highest BCUT2D eigenvalue weighted by molar-refractivity contribution is 6.30. The van der Waals surface area contributed by atoms with Gasteiger partial charge in [-0.3, -0.25) is 4.79 Å². The average Bonchev–Trinajstić information content (AvgIpc) is 2.55. The molecule has 0 spiro atoms. The molecule has 3 amide bonds. The van der Waals surface area contributed by atoms with Gasteiger partial charge in [-0.25, -0.2) is 4.79 Å². The lowest BCUT2D eigenvalue weighted by Crippen LogP contribution is -2.40. The Morgan fingerprint density at radius 3 is 2.80 bits per heavy atom. The number of carbonyl (C=O) groups is 2. The Hall–Kier alpha value is -1.75. The van der Waals surface area contributed by atoms with E-state index in [-0.39, 0.29) is 18.5 Å². The number of rotatable bonds is 1. The van der Waals surface area contributed by atoms with E-state index in [2.05, 4.69) is 5.32 Å². The van der Waals surface area contributed by atoms with Crippen LogP contribution in [-0.2, 0) is 4.79 Å². The summed E-state index contributed by atoms with van der Waals surface area (Å²) in [5, 5.41) is 3.46. The predicted molar refractivity (Wildman–Crippen MR) is 79.0 cm³/mol. The maximum atomic E-state index is 12.2. The zero-order valence-corrected chi connectivity index (χ0v) is 12.4. The Labute approximate surface area is 123 Å². The van der Waals surface area contributed by atoms with Crippen LogP contribution in [0.3, 0.4) is 0 Å².